The number of hydrogen-bond acceptors (Lipinski definition) is 2. The zero-order valence-electron chi connectivity index (χ0n) is 17.4. The molecule has 5 heteroatoms. The Kier molecular flexibility index (Phi) is 6.33. The van der Waals surface area contributed by atoms with E-state index in [9.17, 15) is 18.3 Å². The van der Waals surface area contributed by atoms with Crippen LogP contribution in [-0.2, 0) is 4.74 Å². The average molecular weight is 426 g/mol. The molecule has 1 heterocycles. The number of ether oxygens (including phenoxy) is 1. The average Bonchev–Trinajstić information content (AvgIpc) is 2.79. The Morgan fingerprint density at radius 3 is 2.23 bits per heavy atom. The molecular formula is C26H25F3O2. The van der Waals surface area contributed by atoms with Crippen LogP contribution in [0.15, 0.2) is 54.6 Å². The predicted molar refractivity (Wildman–Crippen MR) is 115 cm³/mol. The molecule has 0 radical (unpaired) electrons. The van der Waals surface area contributed by atoms with Crippen molar-refractivity contribution in [2.24, 2.45) is 5.92 Å². The van der Waals surface area contributed by atoms with E-state index in [0.29, 0.717) is 29.2 Å². The number of phenols is 1. The quantitative estimate of drug-likeness (QED) is 0.460. The lowest BCUT2D eigenvalue weighted by molar-refractivity contribution is -0.0211. The maximum absolute atomic E-state index is 14.8. The lowest BCUT2D eigenvalue weighted by Crippen LogP contribution is -2.21. The molecule has 1 aliphatic rings. The molecule has 0 amide bonds. The summed E-state index contributed by atoms with van der Waals surface area (Å²) in [7, 11) is 0. The van der Waals surface area contributed by atoms with Crippen LogP contribution in [-0.4, -0.2) is 11.7 Å². The molecule has 1 aliphatic heterocycles. The fourth-order valence-electron chi connectivity index (χ4n) is 4.26. The van der Waals surface area contributed by atoms with Crippen molar-refractivity contribution in [1.29, 1.82) is 0 Å². The van der Waals surface area contributed by atoms with Gasteiger partial charge in [0.1, 0.15) is 5.82 Å². The standard InChI is InChI=1S/C26H25F3O2/c1-2-3-16-4-13-24(31-15-16)21-10-9-19(14-22(21)27)17-5-7-18(8-6-17)20-11-12-23(30)26(29)25(20)28/h5-12,14,16,24,30H,2-4,13,15H2,1H3. The van der Waals surface area contributed by atoms with Crippen LogP contribution in [0.25, 0.3) is 22.3 Å². The number of hydrogen-bond donors (Lipinski definition) is 1. The molecule has 3 aromatic carbocycles. The van der Waals surface area contributed by atoms with Gasteiger partial charge in [-0.3, -0.25) is 0 Å². The minimum atomic E-state index is -1.27. The van der Waals surface area contributed by atoms with E-state index in [-0.39, 0.29) is 17.5 Å². The third-order valence-electron chi connectivity index (χ3n) is 6.01. The van der Waals surface area contributed by atoms with E-state index >= 15 is 0 Å². The van der Waals surface area contributed by atoms with Crippen LogP contribution >= 0.6 is 0 Å². The van der Waals surface area contributed by atoms with Gasteiger partial charge in [0.05, 0.1) is 12.7 Å². The molecule has 1 N–H and O–H groups in total. The monoisotopic (exact) mass is 426 g/mol. The van der Waals surface area contributed by atoms with E-state index in [1.54, 1.807) is 30.3 Å². The van der Waals surface area contributed by atoms with E-state index in [2.05, 4.69) is 6.92 Å². The lowest BCUT2D eigenvalue weighted by Gasteiger charge is -2.29. The first kappa shape index (κ1) is 21.4. The highest BCUT2D eigenvalue weighted by Crippen LogP contribution is 2.35. The largest absolute Gasteiger partial charge is 0.505 e. The highest BCUT2D eigenvalue weighted by molar-refractivity contribution is 5.71. The molecule has 0 bridgehead atoms. The summed E-state index contributed by atoms with van der Waals surface area (Å²) in [6.07, 6.45) is 3.94. The molecule has 3 aromatic rings. The van der Waals surface area contributed by atoms with Gasteiger partial charge in [-0.25, -0.2) is 8.78 Å². The van der Waals surface area contributed by atoms with Gasteiger partial charge in [0, 0.05) is 11.1 Å². The third-order valence-corrected chi connectivity index (χ3v) is 6.01. The number of benzene rings is 3. The van der Waals surface area contributed by atoms with Gasteiger partial charge in [0.15, 0.2) is 11.6 Å². The molecule has 0 aliphatic carbocycles. The van der Waals surface area contributed by atoms with Crippen molar-refractivity contribution < 1.29 is 23.0 Å². The lowest BCUT2D eigenvalue weighted by atomic mass is 9.91. The molecular weight excluding hydrogens is 401 g/mol. The molecule has 0 spiro atoms. The van der Waals surface area contributed by atoms with Gasteiger partial charge in [-0.1, -0.05) is 49.7 Å². The van der Waals surface area contributed by atoms with Gasteiger partial charge in [-0.2, -0.15) is 4.39 Å². The number of rotatable bonds is 5. The molecule has 2 atom stereocenters. The number of halogens is 3. The Hall–Kier alpha value is -2.79. The van der Waals surface area contributed by atoms with Crippen molar-refractivity contribution in [3.63, 3.8) is 0 Å². The van der Waals surface area contributed by atoms with E-state index < -0.39 is 17.4 Å². The Bertz CT molecular complexity index is 1050. The Balaban J connectivity index is 1.52. The van der Waals surface area contributed by atoms with Crippen LogP contribution in [0.3, 0.4) is 0 Å². The highest BCUT2D eigenvalue weighted by atomic mass is 19.2. The smallest absolute Gasteiger partial charge is 0.200 e. The Morgan fingerprint density at radius 1 is 0.871 bits per heavy atom. The summed E-state index contributed by atoms with van der Waals surface area (Å²) >= 11 is 0. The van der Waals surface area contributed by atoms with Crippen molar-refractivity contribution in [3.05, 3.63) is 77.6 Å². The van der Waals surface area contributed by atoms with Crippen LogP contribution in [0.5, 0.6) is 5.75 Å². The van der Waals surface area contributed by atoms with Gasteiger partial charge in [-0.05, 0) is 60.1 Å². The second-order valence-electron chi connectivity index (χ2n) is 8.13. The molecule has 1 fully saturated rings. The van der Waals surface area contributed by atoms with Crippen molar-refractivity contribution in [3.8, 4) is 28.0 Å². The summed E-state index contributed by atoms with van der Waals surface area (Å²) in [6.45, 7) is 2.84. The van der Waals surface area contributed by atoms with Crippen molar-refractivity contribution >= 4 is 0 Å². The SMILES string of the molecule is CCCC1CCC(c2ccc(-c3ccc(-c4ccc(O)c(F)c4F)cc3)cc2F)OC1. The van der Waals surface area contributed by atoms with E-state index in [0.717, 1.165) is 37.3 Å². The molecule has 162 valence electrons. The predicted octanol–water partition coefficient (Wildman–Crippen LogP) is 7.41. The van der Waals surface area contributed by atoms with E-state index in [1.165, 1.54) is 12.1 Å². The minimum absolute atomic E-state index is 0.0548. The molecule has 4 rings (SSSR count). The molecule has 0 aromatic heterocycles. The van der Waals surface area contributed by atoms with Crippen molar-refractivity contribution in [1.82, 2.24) is 0 Å². The van der Waals surface area contributed by atoms with Gasteiger partial charge in [0.2, 0.25) is 5.82 Å². The first-order valence-corrected chi connectivity index (χ1v) is 10.7. The summed E-state index contributed by atoms with van der Waals surface area (Å²) < 4.78 is 48.5. The summed E-state index contributed by atoms with van der Waals surface area (Å²) in [5, 5.41) is 9.28. The maximum atomic E-state index is 14.8. The van der Waals surface area contributed by atoms with Gasteiger partial charge in [-0.15, -0.1) is 0 Å². The zero-order valence-corrected chi connectivity index (χ0v) is 17.4. The number of aromatic hydroxyl groups is 1. The molecule has 2 nitrogen and oxygen atoms in total. The first-order chi connectivity index (χ1) is 15.0. The fourth-order valence-corrected chi connectivity index (χ4v) is 4.26. The summed E-state index contributed by atoms with van der Waals surface area (Å²) in [5.41, 5.74) is 2.57. The van der Waals surface area contributed by atoms with Gasteiger partial charge in [0.25, 0.3) is 0 Å². The molecule has 0 saturated carbocycles. The van der Waals surface area contributed by atoms with E-state index in [4.69, 9.17) is 4.74 Å². The van der Waals surface area contributed by atoms with Crippen LogP contribution < -0.4 is 0 Å². The fraction of sp³-hybridized carbons (Fsp3) is 0.308. The molecule has 2 unspecified atom stereocenters. The maximum Gasteiger partial charge on any atom is 0.200 e. The molecule has 1 saturated heterocycles. The third kappa shape index (κ3) is 4.47. The molecule has 31 heavy (non-hydrogen) atoms. The summed E-state index contributed by atoms with van der Waals surface area (Å²) in [6, 6.07) is 14.3. The summed E-state index contributed by atoms with van der Waals surface area (Å²) in [4.78, 5) is 0. The van der Waals surface area contributed by atoms with Gasteiger partial charge >= 0.3 is 0 Å². The van der Waals surface area contributed by atoms with Gasteiger partial charge < -0.3 is 9.84 Å². The second-order valence-corrected chi connectivity index (χ2v) is 8.13. The number of phenolic OH excluding ortho intramolecular Hbond substituents is 1. The van der Waals surface area contributed by atoms with Crippen molar-refractivity contribution in [2.45, 2.75) is 38.7 Å². The van der Waals surface area contributed by atoms with Crippen molar-refractivity contribution in [2.75, 3.05) is 6.61 Å². The summed E-state index contributed by atoms with van der Waals surface area (Å²) in [5.74, 6) is -2.83. The highest BCUT2D eigenvalue weighted by Gasteiger charge is 2.24. The minimum Gasteiger partial charge on any atom is -0.505 e. The zero-order chi connectivity index (χ0) is 22.0. The van der Waals surface area contributed by atoms with E-state index in [1.807, 2.05) is 6.07 Å². The Labute approximate surface area is 180 Å². The normalized spacial score (nSPS) is 18.8. The van der Waals surface area contributed by atoms with Crippen LogP contribution in [0.1, 0.15) is 44.3 Å². The van der Waals surface area contributed by atoms with Crippen LogP contribution in [0.4, 0.5) is 13.2 Å². The second kappa shape index (κ2) is 9.15. The van der Waals surface area contributed by atoms with Crippen LogP contribution in [0.2, 0.25) is 0 Å². The first-order valence-electron chi connectivity index (χ1n) is 10.7. The Morgan fingerprint density at radius 2 is 1.58 bits per heavy atom. The van der Waals surface area contributed by atoms with Crippen LogP contribution in [0, 0.1) is 23.4 Å². The topological polar surface area (TPSA) is 29.5 Å².